The van der Waals surface area contributed by atoms with Gasteiger partial charge in [0.05, 0.1) is 6.85 Å². The van der Waals surface area contributed by atoms with Crippen LogP contribution in [0.15, 0.2) is 90.9 Å². The van der Waals surface area contributed by atoms with E-state index in [2.05, 4.69) is 69.3 Å². The van der Waals surface area contributed by atoms with Gasteiger partial charge in [-0.15, -0.1) is 11.3 Å². The van der Waals surface area contributed by atoms with Crippen LogP contribution < -0.4 is 0 Å². The van der Waals surface area contributed by atoms with Crippen LogP contribution in [0.5, 0.6) is 0 Å². The topological polar surface area (TPSA) is 0 Å². The predicted octanol–water partition coefficient (Wildman–Crippen LogP) is 8.69. The van der Waals surface area contributed by atoms with Crippen molar-refractivity contribution in [3.8, 4) is 22.3 Å². The zero-order valence-electron chi connectivity index (χ0n) is 21.7. The lowest BCUT2D eigenvalue weighted by molar-refractivity contribution is 0.594. The van der Waals surface area contributed by atoms with Crippen LogP contribution in [0.25, 0.3) is 42.4 Å². The van der Waals surface area contributed by atoms with E-state index in [0.29, 0.717) is 5.56 Å². The lowest BCUT2D eigenvalue weighted by Crippen LogP contribution is -2.14. The molecule has 0 bridgehead atoms. The maximum Gasteiger partial charge on any atom is 0.0629 e. The summed E-state index contributed by atoms with van der Waals surface area (Å²) in [7, 11) is 0. The molecule has 0 saturated carbocycles. The van der Waals surface area contributed by atoms with E-state index in [0.717, 1.165) is 16.7 Å². The summed E-state index contributed by atoms with van der Waals surface area (Å²) in [6, 6.07) is 19.3. The maximum absolute atomic E-state index is 8.58. The standard InChI is InChI=1S/C28H24S/c1-28(2,3)26-20(19-11-5-4-6-12-19)14-9-15-22(26)24-17-10-16-23-21-13-7-8-18-25(21)29-27(23)24/h4-18H,1-3H3/i4D,5D,6D,11D,12D. The Morgan fingerprint density at radius 1 is 0.690 bits per heavy atom. The normalized spacial score (nSPS) is 14.4. The number of hydrogen-bond donors (Lipinski definition) is 0. The summed E-state index contributed by atoms with van der Waals surface area (Å²) in [4.78, 5) is 0. The molecule has 5 aromatic rings. The van der Waals surface area contributed by atoms with Crippen LogP contribution in [0, 0.1) is 0 Å². The molecule has 142 valence electrons. The van der Waals surface area contributed by atoms with E-state index in [1.807, 2.05) is 12.1 Å². The van der Waals surface area contributed by atoms with Crippen molar-refractivity contribution >= 4 is 31.5 Å². The van der Waals surface area contributed by atoms with Gasteiger partial charge in [-0.2, -0.15) is 0 Å². The monoisotopic (exact) mass is 397 g/mol. The number of hydrogen-bond acceptors (Lipinski definition) is 1. The second-order valence-corrected chi connectivity index (χ2v) is 9.31. The summed E-state index contributed by atoms with van der Waals surface area (Å²) in [5.74, 6) is 0. The molecule has 0 radical (unpaired) electrons. The van der Waals surface area contributed by atoms with Gasteiger partial charge in [0.2, 0.25) is 0 Å². The molecule has 1 aromatic heterocycles. The van der Waals surface area contributed by atoms with Crippen LogP contribution >= 0.6 is 11.3 Å². The van der Waals surface area contributed by atoms with Crippen molar-refractivity contribution in [2.75, 3.05) is 0 Å². The third-order valence-corrected chi connectivity index (χ3v) is 6.50. The zero-order chi connectivity index (χ0) is 24.4. The molecule has 0 aliphatic rings. The largest absolute Gasteiger partial charge is 0.135 e. The first kappa shape index (κ1) is 13.3. The Balaban J connectivity index is 1.90. The molecule has 0 nitrogen and oxygen atoms in total. The van der Waals surface area contributed by atoms with Crippen molar-refractivity contribution in [3.05, 3.63) is 96.4 Å². The minimum absolute atomic E-state index is 0.172. The minimum Gasteiger partial charge on any atom is -0.135 e. The molecular weight excluding hydrogens is 368 g/mol. The van der Waals surface area contributed by atoms with Crippen LogP contribution in [0.2, 0.25) is 0 Å². The van der Waals surface area contributed by atoms with E-state index >= 15 is 0 Å². The second kappa shape index (κ2) is 6.86. The Labute approximate surface area is 183 Å². The van der Waals surface area contributed by atoms with E-state index in [9.17, 15) is 0 Å². The highest BCUT2D eigenvalue weighted by atomic mass is 32.1. The van der Waals surface area contributed by atoms with Crippen molar-refractivity contribution in [1.82, 2.24) is 0 Å². The van der Waals surface area contributed by atoms with Crippen LogP contribution in [-0.2, 0) is 5.41 Å². The Kier molecular flexibility index (Phi) is 3.16. The SMILES string of the molecule is [2H]c1c([2H])c([2H])c(-c2cccc(-c3cccc4c3sc3ccccc34)c2C(C)(C)C)c([2H])c1[2H]. The van der Waals surface area contributed by atoms with Crippen molar-refractivity contribution < 1.29 is 6.85 Å². The van der Waals surface area contributed by atoms with Crippen molar-refractivity contribution in [1.29, 1.82) is 0 Å². The molecule has 5 rings (SSSR count). The first-order valence-corrected chi connectivity index (χ1v) is 10.5. The average Bonchev–Trinajstić information content (AvgIpc) is 3.20. The van der Waals surface area contributed by atoms with Gasteiger partial charge in [-0.05, 0) is 39.3 Å². The van der Waals surface area contributed by atoms with Gasteiger partial charge in [0.15, 0.2) is 0 Å². The Bertz CT molecular complexity index is 1560. The van der Waals surface area contributed by atoms with Gasteiger partial charge >= 0.3 is 0 Å². The highest BCUT2D eigenvalue weighted by Gasteiger charge is 2.24. The van der Waals surface area contributed by atoms with E-state index < -0.39 is 0 Å². The lowest BCUT2D eigenvalue weighted by atomic mass is 9.77. The molecule has 0 atom stereocenters. The van der Waals surface area contributed by atoms with Gasteiger partial charge in [-0.1, -0.05) is 106 Å². The maximum atomic E-state index is 8.58. The van der Waals surface area contributed by atoms with Gasteiger partial charge in [-0.25, -0.2) is 0 Å². The highest BCUT2D eigenvalue weighted by Crippen LogP contribution is 2.45. The first-order chi connectivity index (χ1) is 16.1. The number of thiophene rings is 1. The van der Waals surface area contributed by atoms with Crippen molar-refractivity contribution in [3.63, 3.8) is 0 Å². The van der Waals surface area contributed by atoms with Gasteiger partial charge in [-0.3, -0.25) is 0 Å². The first-order valence-electron chi connectivity index (χ1n) is 12.2. The van der Waals surface area contributed by atoms with Crippen LogP contribution in [0.3, 0.4) is 0 Å². The molecule has 1 heteroatoms. The Hall–Kier alpha value is -2.90. The van der Waals surface area contributed by atoms with E-state index in [1.165, 1.54) is 20.2 Å². The van der Waals surface area contributed by atoms with E-state index in [4.69, 9.17) is 6.85 Å². The van der Waals surface area contributed by atoms with E-state index in [1.54, 1.807) is 11.3 Å². The van der Waals surface area contributed by atoms with Gasteiger partial charge < -0.3 is 0 Å². The summed E-state index contributed by atoms with van der Waals surface area (Å²) < 4.78 is 44.0. The number of benzene rings is 4. The Morgan fingerprint density at radius 2 is 1.34 bits per heavy atom. The molecule has 0 aliphatic heterocycles. The molecule has 0 amide bonds. The van der Waals surface area contributed by atoms with Gasteiger partial charge in [0.1, 0.15) is 0 Å². The fourth-order valence-electron chi connectivity index (χ4n) is 4.14. The summed E-state index contributed by atoms with van der Waals surface area (Å²) in [5.41, 5.74) is 3.68. The van der Waals surface area contributed by atoms with Crippen LogP contribution in [-0.4, -0.2) is 0 Å². The molecule has 29 heavy (non-hydrogen) atoms. The van der Waals surface area contributed by atoms with Crippen molar-refractivity contribution in [2.45, 2.75) is 26.2 Å². The predicted molar refractivity (Wildman–Crippen MR) is 129 cm³/mol. The van der Waals surface area contributed by atoms with Crippen LogP contribution in [0.1, 0.15) is 33.2 Å². The molecule has 0 aliphatic carbocycles. The fourth-order valence-corrected chi connectivity index (χ4v) is 5.37. The number of rotatable bonds is 2. The molecule has 0 spiro atoms. The lowest BCUT2D eigenvalue weighted by Gasteiger charge is -2.27. The molecule has 0 fully saturated rings. The summed E-state index contributed by atoms with van der Waals surface area (Å²) in [6.07, 6.45) is 0. The summed E-state index contributed by atoms with van der Waals surface area (Å²) >= 11 is 1.76. The van der Waals surface area contributed by atoms with Gasteiger partial charge in [0, 0.05) is 20.2 Å². The van der Waals surface area contributed by atoms with Crippen molar-refractivity contribution in [2.24, 2.45) is 0 Å². The minimum atomic E-state index is -0.373. The number of fused-ring (bicyclic) bond motifs is 3. The van der Waals surface area contributed by atoms with E-state index in [-0.39, 0.29) is 41.2 Å². The fraction of sp³-hybridized carbons (Fsp3) is 0.143. The average molecular weight is 398 g/mol. The highest BCUT2D eigenvalue weighted by molar-refractivity contribution is 7.26. The summed E-state index contributed by atoms with van der Waals surface area (Å²) in [5, 5.41) is 2.43. The summed E-state index contributed by atoms with van der Waals surface area (Å²) in [6.45, 7) is 6.32. The van der Waals surface area contributed by atoms with Gasteiger partial charge in [0.25, 0.3) is 0 Å². The molecule has 0 unspecified atom stereocenters. The van der Waals surface area contributed by atoms with Crippen LogP contribution in [0.4, 0.5) is 0 Å². The third kappa shape index (κ3) is 3.07. The molecule has 0 N–H and O–H groups in total. The molecule has 0 saturated heterocycles. The molecule has 4 aromatic carbocycles. The molecule has 1 heterocycles. The Morgan fingerprint density at radius 3 is 2.14 bits per heavy atom. The molecular formula is C28H24S. The zero-order valence-corrected chi connectivity index (χ0v) is 17.5. The second-order valence-electron chi connectivity index (χ2n) is 8.26. The smallest absolute Gasteiger partial charge is 0.0629 e. The quantitative estimate of drug-likeness (QED) is 0.279. The third-order valence-electron chi connectivity index (χ3n) is 5.28.